The van der Waals surface area contributed by atoms with Crippen LogP contribution in [0.5, 0.6) is 0 Å². The Labute approximate surface area is 137 Å². The van der Waals surface area contributed by atoms with Gasteiger partial charge in [0.2, 0.25) is 5.91 Å². The molecular formula is C13H16Cl2N2O3S. The van der Waals surface area contributed by atoms with Crippen molar-refractivity contribution in [3.8, 4) is 0 Å². The number of anilines is 1. The second kappa shape index (κ2) is 9.15. The molecule has 1 atom stereocenters. The summed E-state index contributed by atoms with van der Waals surface area (Å²) in [5.74, 6) is -0.269. The number of halogens is 2. The Morgan fingerprint density at radius 3 is 2.81 bits per heavy atom. The Morgan fingerprint density at radius 2 is 2.14 bits per heavy atom. The van der Waals surface area contributed by atoms with Gasteiger partial charge in [-0.2, -0.15) is 0 Å². The summed E-state index contributed by atoms with van der Waals surface area (Å²) in [5, 5.41) is 3.53. The first kappa shape index (κ1) is 18.1. The molecule has 1 rings (SSSR count). The van der Waals surface area contributed by atoms with Gasteiger partial charge in [0.15, 0.2) is 0 Å². The van der Waals surface area contributed by atoms with Crippen molar-refractivity contribution in [2.45, 2.75) is 13.0 Å². The number of esters is 1. The fraction of sp³-hybridized carbons (Fsp3) is 0.385. The van der Waals surface area contributed by atoms with Gasteiger partial charge in [-0.15, -0.1) is 11.8 Å². The molecule has 21 heavy (non-hydrogen) atoms. The van der Waals surface area contributed by atoms with E-state index in [9.17, 15) is 9.59 Å². The molecule has 0 saturated heterocycles. The molecule has 0 aromatic heterocycles. The molecule has 0 bridgehead atoms. The zero-order chi connectivity index (χ0) is 15.8. The smallest absolute Gasteiger partial charge is 0.323 e. The highest BCUT2D eigenvalue weighted by Gasteiger charge is 2.15. The number of ether oxygens (including phenoxy) is 1. The maximum Gasteiger partial charge on any atom is 0.323 e. The topological polar surface area (TPSA) is 81.4 Å². The van der Waals surface area contributed by atoms with Gasteiger partial charge >= 0.3 is 5.97 Å². The molecule has 8 heteroatoms. The van der Waals surface area contributed by atoms with Gasteiger partial charge in [0, 0.05) is 10.8 Å². The maximum atomic E-state index is 11.8. The van der Waals surface area contributed by atoms with Crippen LogP contribution in [0.3, 0.4) is 0 Å². The molecule has 1 amide bonds. The van der Waals surface area contributed by atoms with Crippen molar-refractivity contribution >= 4 is 52.5 Å². The number of carbonyl (C=O) groups is 2. The fourth-order valence-electron chi connectivity index (χ4n) is 1.38. The van der Waals surface area contributed by atoms with Gasteiger partial charge in [-0.05, 0) is 25.1 Å². The van der Waals surface area contributed by atoms with Crippen molar-refractivity contribution in [1.29, 1.82) is 0 Å². The van der Waals surface area contributed by atoms with Crippen LogP contribution in [0.4, 0.5) is 5.69 Å². The summed E-state index contributed by atoms with van der Waals surface area (Å²) in [5.41, 5.74) is 6.07. The standard InChI is InChI=1S/C13H16Cl2N2O3S/c1-2-20-13(19)10(16)6-21-7-12(18)17-11-5-8(14)3-4-9(11)15/h3-5,10H,2,6-7,16H2,1H3,(H,17,18). The number of rotatable bonds is 7. The summed E-state index contributed by atoms with van der Waals surface area (Å²) < 4.78 is 4.78. The van der Waals surface area contributed by atoms with Gasteiger partial charge in [0.05, 0.1) is 23.1 Å². The lowest BCUT2D eigenvalue weighted by atomic mass is 10.3. The molecule has 0 fully saturated rings. The summed E-state index contributed by atoms with van der Waals surface area (Å²) in [6.45, 7) is 1.99. The molecule has 3 N–H and O–H groups in total. The third kappa shape index (κ3) is 6.56. The number of hydrogen-bond acceptors (Lipinski definition) is 5. The number of carbonyl (C=O) groups excluding carboxylic acids is 2. The zero-order valence-corrected chi connectivity index (χ0v) is 13.7. The minimum absolute atomic E-state index is 0.149. The molecule has 5 nitrogen and oxygen atoms in total. The molecule has 116 valence electrons. The Hall–Kier alpha value is -0.950. The second-order valence-electron chi connectivity index (χ2n) is 4.05. The first-order chi connectivity index (χ1) is 9.93. The van der Waals surface area contributed by atoms with Gasteiger partial charge in [-0.25, -0.2) is 0 Å². The Kier molecular flexibility index (Phi) is 7.88. The van der Waals surface area contributed by atoms with Crippen molar-refractivity contribution in [3.63, 3.8) is 0 Å². The minimum atomic E-state index is -0.738. The highest BCUT2D eigenvalue weighted by molar-refractivity contribution is 8.00. The van der Waals surface area contributed by atoms with E-state index in [0.717, 1.165) is 0 Å². The van der Waals surface area contributed by atoms with Crippen LogP contribution in [-0.4, -0.2) is 36.0 Å². The van der Waals surface area contributed by atoms with Crippen LogP contribution in [0, 0.1) is 0 Å². The molecule has 1 aromatic rings. The Morgan fingerprint density at radius 1 is 1.43 bits per heavy atom. The van der Waals surface area contributed by atoms with Gasteiger partial charge in [0.1, 0.15) is 6.04 Å². The van der Waals surface area contributed by atoms with Crippen LogP contribution >= 0.6 is 35.0 Å². The van der Waals surface area contributed by atoms with Crippen LogP contribution < -0.4 is 11.1 Å². The largest absolute Gasteiger partial charge is 0.465 e. The third-order valence-corrected chi connectivity index (χ3v) is 3.95. The molecule has 0 heterocycles. The Bertz CT molecular complexity index is 514. The lowest BCUT2D eigenvalue weighted by molar-refractivity contribution is -0.144. The first-order valence-electron chi connectivity index (χ1n) is 6.19. The van der Waals surface area contributed by atoms with Crippen molar-refractivity contribution in [2.75, 3.05) is 23.4 Å². The van der Waals surface area contributed by atoms with E-state index in [2.05, 4.69) is 5.32 Å². The van der Waals surface area contributed by atoms with E-state index in [1.165, 1.54) is 11.8 Å². The average Bonchev–Trinajstić information content (AvgIpc) is 2.43. The second-order valence-corrected chi connectivity index (χ2v) is 5.92. The lowest BCUT2D eigenvalue weighted by Gasteiger charge is -2.10. The normalized spacial score (nSPS) is 11.8. The van der Waals surface area contributed by atoms with E-state index in [1.54, 1.807) is 25.1 Å². The fourth-order valence-corrected chi connectivity index (χ4v) is 2.48. The van der Waals surface area contributed by atoms with Crippen LogP contribution in [0.25, 0.3) is 0 Å². The number of benzene rings is 1. The number of amides is 1. The minimum Gasteiger partial charge on any atom is -0.465 e. The van der Waals surface area contributed by atoms with E-state index >= 15 is 0 Å². The Balaban J connectivity index is 2.38. The van der Waals surface area contributed by atoms with E-state index in [1.807, 2.05) is 0 Å². The van der Waals surface area contributed by atoms with E-state index in [0.29, 0.717) is 21.5 Å². The molecule has 1 aromatic carbocycles. The summed E-state index contributed by atoms with van der Waals surface area (Å²) in [4.78, 5) is 23.1. The summed E-state index contributed by atoms with van der Waals surface area (Å²) in [6, 6.07) is 4.06. The number of nitrogens with one attached hydrogen (secondary N) is 1. The predicted molar refractivity (Wildman–Crippen MR) is 87.0 cm³/mol. The molecule has 0 radical (unpaired) electrons. The van der Waals surface area contributed by atoms with Gasteiger partial charge in [-0.1, -0.05) is 23.2 Å². The maximum absolute atomic E-state index is 11.8. The third-order valence-electron chi connectivity index (χ3n) is 2.32. The molecule has 0 aliphatic carbocycles. The van der Waals surface area contributed by atoms with Crippen LogP contribution in [0.1, 0.15) is 6.92 Å². The van der Waals surface area contributed by atoms with Crippen LogP contribution in [0.15, 0.2) is 18.2 Å². The molecule has 0 aliphatic rings. The van der Waals surface area contributed by atoms with Crippen molar-refractivity contribution in [3.05, 3.63) is 28.2 Å². The summed E-state index contributed by atoms with van der Waals surface area (Å²) >= 11 is 13.0. The van der Waals surface area contributed by atoms with Crippen molar-refractivity contribution in [2.24, 2.45) is 5.73 Å². The van der Waals surface area contributed by atoms with Crippen molar-refractivity contribution in [1.82, 2.24) is 0 Å². The zero-order valence-electron chi connectivity index (χ0n) is 11.4. The van der Waals surface area contributed by atoms with Crippen LogP contribution in [-0.2, 0) is 14.3 Å². The SMILES string of the molecule is CCOC(=O)C(N)CSCC(=O)Nc1cc(Cl)ccc1Cl. The quantitative estimate of drug-likeness (QED) is 0.738. The van der Waals surface area contributed by atoms with Gasteiger partial charge in [0.25, 0.3) is 0 Å². The molecular weight excluding hydrogens is 335 g/mol. The number of hydrogen-bond donors (Lipinski definition) is 2. The molecule has 0 saturated carbocycles. The first-order valence-corrected chi connectivity index (χ1v) is 8.10. The number of nitrogens with two attached hydrogens (primary N) is 1. The van der Waals surface area contributed by atoms with Gasteiger partial charge in [-0.3, -0.25) is 9.59 Å². The van der Waals surface area contributed by atoms with Gasteiger partial charge < -0.3 is 15.8 Å². The number of thioether (sulfide) groups is 1. The highest BCUT2D eigenvalue weighted by Crippen LogP contribution is 2.25. The monoisotopic (exact) mass is 350 g/mol. The molecule has 1 unspecified atom stereocenters. The average molecular weight is 351 g/mol. The lowest BCUT2D eigenvalue weighted by Crippen LogP contribution is -2.35. The van der Waals surface area contributed by atoms with E-state index < -0.39 is 12.0 Å². The van der Waals surface area contributed by atoms with Crippen LogP contribution in [0.2, 0.25) is 10.0 Å². The summed E-state index contributed by atoms with van der Waals surface area (Å²) in [7, 11) is 0. The van der Waals surface area contributed by atoms with E-state index in [4.69, 9.17) is 33.7 Å². The molecule has 0 aliphatic heterocycles. The van der Waals surface area contributed by atoms with E-state index in [-0.39, 0.29) is 18.3 Å². The molecule has 0 spiro atoms. The van der Waals surface area contributed by atoms with Crippen molar-refractivity contribution < 1.29 is 14.3 Å². The highest BCUT2D eigenvalue weighted by atomic mass is 35.5. The predicted octanol–water partition coefficient (Wildman–Crippen LogP) is 2.56. The summed E-state index contributed by atoms with van der Waals surface area (Å²) in [6.07, 6.45) is 0.